The van der Waals surface area contributed by atoms with Crippen molar-refractivity contribution < 1.29 is 9.59 Å². The molecule has 0 atom stereocenters. The number of rotatable bonds is 5. The van der Waals surface area contributed by atoms with Gasteiger partial charge in [-0.05, 0) is 25.0 Å². The zero-order chi connectivity index (χ0) is 15.1. The average Bonchev–Trinajstić information content (AvgIpc) is 2.53. The lowest BCUT2D eigenvalue weighted by atomic mass is 9.95. The quantitative estimate of drug-likeness (QED) is 0.814. The number of nitrogens with one attached hydrogen (secondary N) is 2. The maximum atomic E-state index is 12.2. The number of nitrogens with zero attached hydrogens (tertiary/aromatic N) is 1. The molecule has 1 fully saturated rings. The number of aromatic nitrogens is 1. The van der Waals surface area contributed by atoms with Crippen LogP contribution in [0.2, 0.25) is 0 Å². The first-order valence-corrected chi connectivity index (χ1v) is 7.36. The Labute approximate surface area is 124 Å². The Morgan fingerprint density at radius 3 is 2.76 bits per heavy atom. The molecule has 1 saturated carbocycles. The van der Waals surface area contributed by atoms with E-state index in [0.717, 1.165) is 25.7 Å². The smallest absolute Gasteiger partial charge is 0.270 e. The standard InChI is InChI=1S/C16H21N3O2/c1-2-9-18-15(20)12-8-10-17-14(11-12)16(21)19-13-6-4-3-5-7-13/h2,8,10-11,13H,1,3-7,9H2,(H,18,20)(H,19,21). The molecule has 5 nitrogen and oxygen atoms in total. The predicted octanol–water partition coefficient (Wildman–Crippen LogP) is 2.06. The normalized spacial score (nSPS) is 15.2. The molecule has 0 saturated heterocycles. The molecule has 1 heterocycles. The maximum absolute atomic E-state index is 12.2. The van der Waals surface area contributed by atoms with Crippen molar-refractivity contribution in [2.45, 2.75) is 38.1 Å². The maximum Gasteiger partial charge on any atom is 0.270 e. The van der Waals surface area contributed by atoms with Gasteiger partial charge in [-0.3, -0.25) is 14.6 Å². The summed E-state index contributed by atoms with van der Waals surface area (Å²) in [4.78, 5) is 28.1. The van der Waals surface area contributed by atoms with Gasteiger partial charge < -0.3 is 10.6 Å². The van der Waals surface area contributed by atoms with Crippen molar-refractivity contribution in [3.63, 3.8) is 0 Å². The van der Waals surface area contributed by atoms with Gasteiger partial charge in [0.05, 0.1) is 0 Å². The van der Waals surface area contributed by atoms with Crippen molar-refractivity contribution >= 4 is 11.8 Å². The summed E-state index contributed by atoms with van der Waals surface area (Å²) in [6.07, 6.45) is 8.68. The molecule has 0 aliphatic heterocycles. The summed E-state index contributed by atoms with van der Waals surface area (Å²) in [6.45, 7) is 3.94. The first-order valence-electron chi connectivity index (χ1n) is 7.36. The fraction of sp³-hybridized carbons (Fsp3) is 0.438. The van der Waals surface area contributed by atoms with Crippen molar-refractivity contribution in [2.24, 2.45) is 0 Å². The van der Waals surface area contributed by atoms with Crippen LogP contribution < -0.4 is 10.6 Å². The van der Waals surface area contributed by atoms with Gasteiger partial charge in [0.2, 0.25) is 0 Å². The molecule has 1 aromatic heterocycles. The molecular weight excluding hydrogens is 266 g/mol. The van der Waals surface area contributed by atoms with E-state index in [1.165, 1.54) is 18.7 Å². The highest BCUT2D eigenvalue weighted by Gasteiger charge is 2.18. The van der Waals surface area contributed by atoms with Crippen LogP contribution in [-0.2, 0) is 0 Å². The Kier molecular flexibility index (Phi) is 5.49. The minimum atomic E-state index is -0.232. The van der Waals surface area contributed by atoms with Gasteiger partial charge in [-0.25, -0.2) is 0 Å². The van der Waals surface area contributed by atoms with Gasteiger partial charge in [0.1, 0.15) is 5.69 Å². The Morgan fingerprint density at radius 1 is 1.29 bits per heavy atom. The van der Waals surface area contributed by atoms with Crippen molar-refractivity contribution in [1.82, 2.24) is 15.6 Å². The molecule has 0 aromatic carbocycles. The van der Waals surface area contributed by atoms with E-state index in [0.29, 0.717) is 12.1 Å². The van der Waals surface area contributed by atoms with Crippen LogP contribution >= 0.6 is 0 Å². The van der Waals surface area contributed by atoms with E-state index >= 15 is 0 Å². The van der Waals surface area contributed by atoms with Crippen LogP contribution in [0.1, 0.15) is 53.0 Å². The highest BCUT2D eigenvalue weighted by Crippen LogP contribution is 2.17. The van der Waals surface area contributed by atoms with E-state index < -0.39 is 0 Å². The molecule has 21 heavy (non-hydrogen) atoms. The van der Waals surface area contributed by atoms with Gasteiger partial charge in [-0.15, -0.1) is 6.58 Å². The van der Waals surface area contributed by atoms with Crippen LogP contribution in [-0.4, -0.2) is 29.4 Å². The molecule has 0 unspecified atom stereocenters. The number of carbonyl (C=O) groups is 2. The molecule has 1 aromatic rings. The van der Waals surface area contributed by atoms with Gasteiger partial charge in [-0.1, -0.05) is 25.3 Å². The molecule has 0 bridgehead atoms. The minimum Gasteiger partial charge on any atom is -0.349 e. The summed E-state index contributed by atoms with van der Waals surface area (Å²) in [7, 11) is 0. The van der Waals surface area contributed by atoms with Crippen LogP contribution in [0.4, 0.5) is 0 Å². The molecule has 0 spiro atoms. The third kappa shape index (κ3) is 4.41. The van der Waals surface area contributed by atoms with Crippen LogP contribution in [0.25, 0.3) is 0 Å². The second kappa shape index (κ2) is 7.57. The van der Waals surface area contributed by atoms with Gasteiger partial charge in [0.15, 0.2) is 0 Å². The van der Waals surface area contributed by atoms with Crippen molar-refractivity contribution in [1.29, 1.82) is 0 Å². The molecule has 0 radical (unpaired) electrons. The fourth-order valence-electron chi connectivity index (χ4n) is 2.47. The van der Waals surface area contributed by atoms with Gasteiger partial charge >= 0.3 is 0 Å². The zero-order valence-corrected chi connectivity index (χ0v) is 12.1. The van der Waals surface area contributed by atoms with E-state index in [1.807, 2.05) is 0 Å². The Balaban J connectivity index is 2.00. The molecule has 1 aliphatic carbocycles. The summed E-state index contributed by atoms with van der Waals surface area (Å²) in [5.41, 5.74) is 0.715. The summed E-state index contributed by atoms with van der Waals surface area (Å²) in [6, 6.07) is 3.35. The Morgan fingerprint density at radius 2 is 2.05 bits per heavy atom. The van der Waals surface area contributed by atoms with Crippen LogP contribution in [0.15, 0.2) is 31.0 Å². The van der Waals surface area contributed by atoms with Crippen LogP contribution in [0.5, 0.6) is 0 Å². The number of amides is 2. The number of pyridine rings is 1. The number of carbonyl (C=O) groups excluding carboxylic acids is 2. The molecule has 2 amide bonds. The first-order chi connectivity index (χ1) is 10.2. The van der Waals surface area contributed by atoms with E-state index in [2.05, 4.69) is 22.2 Å². The highest BCUT2D eigenvalue weighted by atomic mass is 16.2. The molecule has 2 rings (SSSR count). The molecule has 2 N–H and O–H groups in total. The summed E-state index contributed by atoms with van der Waals surface area (Å²) in [5, 5.41) is 5.67. The van der Waals surface area contributed by atoms with E-state index in [9.17, 15) is 9.59 Å². The summed E-state index contributed by atoms with van der Waals surface area (Å²) in [5.74, 6) is -0.440. The molecular formula is C16H21N3O2. The van der Waals surface area contributed by atoms with E-state index in [4.69, 9.17) is 0 Å². The predicted molar refractivity (Wildman–Crippen MR) is 81.1 cm³/mol. The number of hydrogen-bond acceptors (Lipinski definition) is 3. The number of hydrogen-bond donors (Lipinski definition) is 2. The topological polar surface area (TPSA) is 71.1 Å². The van der Waals surface area contributed by atoms with Gasteiger partial charge in [0, 0.05) is 24.3 Å². The molecule has 112 valence electrons. The molecule has 5 heteroatoms. The van der Waals surface area contributed by atoms with E-state index in [1.54, 1.807) is 12.1 Å². The van der Waals surface area contributed by atoms with Crippen molar-refractivity contribution in [3.05, 3.63) is 42.2 Å². The average molecular weight is 287 g/mol. The monoisotopic (exact) mass is 287 g/mol. The van der Waals surface area contributed by atoms with Crippen molar-refractivity contribution in [3.8, 4) is 0 Å². The summed E-state index contributed by atoms with van der Waals surface area (Å²) < 4.78 is 0. The van der Waals surface area contributed by atoms with Crippen LogP contribution in [0, 0.1) is 0 Å². The summed E-state index contributed by atoms with van der Waals surface area (Å²) >= 11 is 0. The minimum absolute atomic E-state index is 0.208. The SMILES string of the molecule is C=CCNC(=O)c1ccnc(C(=O)NC2CCCCC2)c1. The highest BCUT2D eigenvalue weighted by molar-refractivity contribution is 5.98. The van der Waals surface area contributed by atoms with Gasteiger partial charge in [0.25, 0.3) is 11.8 Å². The second-order valence-electron chi connectivity index (χ2n) is 5.24. The van der Waals surface area contributed by atoms with Crippen LogP contribution in [0.3, 0.4) is 0 Å². The Bertz CT molecular complexity index is 522. The lowest BCUT2D eigenvalue weighted by Crippen LogP contribution is -2.36. The van der Waals surface area contributed by atoms with Crippen molar-refractivity contribution in [2.75, 3.05) is 6.54 Å². The lowest BCUT2D eigenvalue weighted by molar-refractivity contribution is 0.0922. The first kappa shape index (κ1) is 15.2. The van der Waals surface area contributed by atoms with Gasteiger partial charge in [-0.2, -0.15) is 0 Å². The Hall–Kier alpha value is -2.17. The third-order valence-electron chi connectivity index (χ3n) is 3.60. The fourth-order valence-corrected chi connectivity index (χ4v) is 2.47. The van der Waals surface area contributed by atoms with E-state index in [-0.39, 0.29) is 23.6 Å². The second-order valence-corrected chi connectivity index (χ2v) is 5.24. The molecule has 1 aliphatic rings. The largest absolute Gasteiger partial charge is 0.349 e. The lowest BCUT2D eigenvalue weighted by Gasteiger charge is -2.22. The third-order valence-corrected chi connectivity index (χ3v) is 3.60. The zero-order valence-electron chi connectivity index (χ0n) is 12.1.